The van der Waals surface area contributed by atoms with Crippen molar-refractivity contribution in [3.63, 3.8) is 0 Å². The summed E-state index contributed by atoms with van der Waals surface area (Å²) >= 11 is 0. The summed E-state index contributed by atoms with van der Waals surface area (Å²) in [6.07, 6.45) is 5.25. The van der Waals surface area contributed by atoms with Crippen molar-refractivity contribution in [2.24, 2.45) is 17.1 Å². The lowest BCUT2D eigenvalue weighted by Gasteiger charge is -2.39. The molecule has 0 bridgehead atoms. The number of nitrogens with two attached hydrogens (primary N) is 1. The highest BCUT2D eigenvalue weighted by molar-refractivity contribution is 4.84. The molecular formula is C14H30N2. The standard InChI is InChI=1S/C14H30N2/c1-11(14(2,3)4)16(5)10-12-8-6-7-9-13(12)15/h11-13H,6-10,15H2,1-5H3. The zero-order chi connectivity index (χ0) is 12.3. The third-order valence-corrected chi connectivity index (χ3v) is 4.40. The van der Waals surface area contributed by atoms with Gasteiger partial charge < -0.3 is 10.6 Å². The zero-order valence-corrected chi connectivity index (χ0v) is 11.8. The highest BCUT2D eigenvalue weighted by Crippen LogP contribution is 2.27. The normalized spacial score (nSPS) is 29.4. The first kappa shape index (κ1) is 14.0. The summed E-state index contributed by atoms with van der Waals surface area (Å²) < 4.78 is 0. The van der Waals surface area contributed by atoms with Crippen LogP contribution in [-0.2, 0) is 0 Å². The van der Waals surface area contributed by atoms with Crippen molar-refractivity contribution in [3.8, 4) is 0 Å². The van der Waals surface area contributed by atoms with Crippen molar-refractivity contribution in [2.45, 2.75) is 65.5 Å². The summed E-state index contributed by atoms with van der Waals surface area (Å²) in [7, 11) is 2.25. The van der Waals surface area contributed by atoms with Crippen molar-refractivity contribution in [1.29, 1.82) is 0 Å². The fourth-order valence-electron chi connectivity index (χ4n) is 2.65. The maximum atomic E-state index is 6.21. The molecule has 0 spiro atoms. The Kier molecular flexibility index (Phi) is 4.81. The second kappa shape index (κ2) is 5.50. The second-order valence-electron chi connectivity index (χ2n) is 6.69. The molecule has 2 N–H and O–H groups in total. The molecule has 1 aliphatic rings. The van der Waals surface area contributed by atoms with Crippen molar-refractivity contribution >= 4 is 0 Å². The van der Waals surface area contributed by atoms with Gasteiger partial charge in [0.15, 0.2) is 0 Å². The van der Waals surface area contributed by atoms with E-state index in [1.807, 2.05) is 0 Å². The molecule has 1 rings (SSSR count). The van der Waals surface area contributed by atoms with E-state index in [0.29, 0.717) is 23.4 Å². The van der Waals surface area contributed by atoms with Crippen molar-refractivity contribution in [1.82, 2.24) is 4.90 Å². The van der Waals surface area contributed by atoms with Gasteiger partial charge in [-0.2, -0.15) is 0 Å². The molecule has 2 nitrogen and oxygen atoms in total. The zero-order valence-electron chi connectivity index (χ0n) is 11.8. The molecule has 1 aliphatic carbocycles. The van der Waals surface area contributed by atoms with E-state index in [2.05, 4.69) is 39.6 Å². The molecule has 0 heterocycles. The van der Waals surface area contributed by atoms with E-state index in [1.54, 1.807) is 0 Å². The van der Waals surface area contributed by atoms with E-state index in [-0.39, 0.29) is 0 Å². The molecule has 3 unspecified atom stereocenters. The summed E-state index contributed by atoms with van der Waals surface area (Å²) in [5, 5.41) is 0. The maximum Gasteiger partial charge on any atom is 0.0112 e. The first-order valence-corrected chi connectivity index (χ1v) is 6.78. The van der Waals surface area contributed by atoms with Crippen LogP contribution in [0.25, 0.3) is 0 Å². The van der Waals surface area contributed by atoms with Crippen LogP contribution in [0.5, 0.6) is 0 Å². The highest BCUT2D eigenvalue weighted by atomic mass is 15.1. The molecule has 0 aromatic heterocycles. The van der Waals surface area contributed by atoms with Crippen LogP contribution in [0.15, 0.2) is 0 Å². The molecule has 1 saturated carbocycles. The Morgan fingerprint density at radius 3 is 2.31 bits per heavy atom. The lowest BCUT2D eigenvalue weighted by Crippen LogP contribution is -2.46. The molecule has 1 fully saturated rings. The van der Waals surface area contributed by atoms with E-state index in [9.17, 15) is 0 Å². The van der Waals surface area contributed by atoms with Gasteiger partial charge in [0.25, 0.3) is 0 Å². The van der Waals surface area contributed by atoms with Crippen LogP contribution < -0.4 is 5.73 Å². The first-order chi connectivity index (χ1) is 7.32. The Labute approximate surface area is 102 Å². The molecule has 96 valence electrons. The van der Waals surface area contributed by atoms with Gasteiger partial charge in [0.1, 0.15) is 0 Å². The van der Waals surface area contributed by atoms with Crippen molar-refractivity contribution in [2.75, 3.05) is 13.6 Å². The van der Waals surface area contributed by atoms with Gasteiger partial charge in [0, 0.05) is 18.6 Å². The molecule has 0 aliphatic heterocycles. The smallest absolute Gasteiger partial charge is 0.0112 e. The average molecular weight is 226 g/mol. The van der Waals surface area contributed by atoms with Crippen LogP contribution in [-0.4, -0.2) is 30.6 Å². The second-order valence-corrected chi connectivity index (χ2v) is 6.69. The van der Waals surface area contributed by atoms with Gasteiger partial charge in [0.05, 0.1) is 0 Å². The summed E-state index contributed by atoms with van der Waals surface area (Å²) in [6, 6.07) is 1.05. The van der Waals surface area contributed by atoms with Crippen molar-refractivity contribution in [3.05, 3.63) is 0 Å². The highest BCUT2D eigenvalue weighted by Gasteiger charge is 2.28. The molecule has 2 heteroatoms. The van der Waals surface area contributed by atoms with E-state index in [0.717, 1.165) is 0 Å². The third kappa shape index (κ3) is 3.74. The average Bonchev–Trinajstić information content (AvgIpc) is 2.19. The predicted molar refractivity (Wildman–Crippen MR) is 71.5 cm³/mol. The molecule has 0 aromatic carbocycles. The lowest BCUT2D eigenvalue weighted by atomic mass is 9.82. The van der Waals surface area contributed by atoms with Gasteiger partial charge in [-0.25, -0.2) is 0 Å². The van der Waals surface area contributed by atoms with Crippen LogP contribution in [0, 0.1) is 11.3 Å². The SMILES string of the molecule is CC(N(C)CC1CCCCC1N)C(C)(C)C. The fraction of sp³-hybridized carbons (Fsp3) is 1.00. The van der Waals surface area contributed by atoms with Crippen LogP contribution in [0.1, 0.15) is 53.4 Å². The van der Waals surface area contributed by atoms with Gasteiger partial charge in [-0.3, -0.25) is 0 Å². The minimum Gasteiger partial charge on any atom is -0.327 e. The Hall–Kier alpha value is -0.0800. The molecule has 0 amide bonds. The molecular weight excluding hydrogens is 196 g/mol. The number of rotatable bonds is 3. The number of hydrogen-bond acceptors (Lipinski definition) is 2. The Balaban J connectivity index is 2.46. The predicted octanol–water partition coefficient (Wildman–Crippen LogP) is 2.87. The Morgan fingerprint density at radius 2 is 1.81 bits per heavy atom. The maximum absolute atomic E-state index is 6.21. The summed E-state index contributed by atoms with van der Waals surface area (Å²) in [6.45, 7) is 10.4. The van der Waals surface area contributed by atoms with E-state index >= 15 is 0 Å². The fourth-order valence-corrected chi connectivity index (χ4v) is 2.65. The minimum atomic E-state index is 0.355. The molecule has 0 saturated heterocycles. The first-order valence-electron chi connectivity index (χ1n) is 6.78. The van der Waals surface area contributed by atoms with E-state index < -0.39 is 0 Å². The molecule has 16 heavy (non-hydrogen) atoms. The molecule has 0 radical (unpaired) electrons. The van der Waals surface area contributed by atoms with E-state index in [4.69, 9.17) is 5.73 Å². The van der Waals surface area contributed by atoms with E-state index in [1.165, 1.54) is 32.2 Å². The van der Waals surface area contributed by atoms with Crippen LogP contribution in [0.2, 0.25) is 0 Å². The lowest BCUT2D eigenvalue weighted by molar-refractivity contribution is 0.107. The monoisotopic (exact) mass is 226 g/mol. The third-order valence-electron chi connectivity index (χ3n) is 4.40. The van der Waals surface area contributed by atoms with Crippen LogP contribution in [0.4, 0.5) is 0 Å². The van der Waals surface area contributed by atoms with Crippen LogP contribution >= 0.6 is 0 Å². The number of nitrogens with zero attached hydrogens (tertiary/aromatic N) is 1. The topological polar surface area (TPSA) is 29.3 Å². The van der Waals surface area contributed by atoms with Crippen molar-refractivity contribution < 1.29 is 0 Å². The summed E-state index contributed by atoms with van der Waals surface area (Å²) in [5.74, 6) is 0.712. The Morgan fingerprint density at radius 1 is 1.25 bits per heavy atom. The largest absolute Gasteiger partial charge is 0.327 e. The van der Waals surface area contributed by atoms with Gasteiger partial charge in [-0.15, -0.1) is 0 Å². The van der Waals surface area contributed by atoms with Crippen LogP contribution in [0.3, 0.4) is 0 Å². The minimum absolute atomic E-state index is 0.355. The summed E-state index contributed by atoms with van der Waals surface area (Å²) in [5.41, 5.74) is 6.56. The number of hydrogen-bond donors (Lipinski definition) is 1. The molecule has 0 aromatic rings. The van der Waals surface area contributed by atoms with Gasteiger partial charge in [0.2, 0.25) is 0 Å². The van der Waals surface area contributed by atoms with Gasteiger partial charge >= 0.3 is 0 Å². The quantitative estimate of drug-likeness (QED) is 0.802. The van der Waals surface area contributed by atoms with Gasteiger partial charge in [-0.05, 0) is 38.1 Å². The van der Waals surface area contributed by atoms with Gasteiger partial charge in [-0.1, -0.05) is 33.6 Å². The molecule has 3 atom stereocenters. The Bertz CT molecular complexity index is 207. The summed E-state index contributed by atoms with van der Waals surface area (Å²) in [4.78, 5) is 2.50.